The Hall–Kier alpha value is -2.49. The minimum Gasteiger partial charge on any atom is -0.489 e. The van der Waals surface area contributed by atoms with Crippen LogP contribution in [0.4, 0.5) is 0 Å². The van der Waals surface area contributed by atoms with E-state index in [0.29, 0.717) is 17.9 Å². The van der Waals surface area contributed by atoms with Crippen molar-refractivity contribution in [3.63, 3.8) is 0 Å². The molecule has 2 rings (SSSR count). The molecule has 0 fully saturated rings. The molecule has 110 valence electrons. The van der Waals surface area contributed by atoms with Crippen molar-refractivity contribution in [3.05, 3.63) is 64.2 Å². The lowest BCUT2D eigenvalue weighted by Gasteiger charge is -2.13. The molecule has 0 amide bonds. The van der Waals surface area contributed by atoms with Gasteiger partial charge in [0.1, 0.15) is 12.4 Å². The third-order valence-corrected chi connectivity index (χ3v) is 3.46. The molecule has 0 aliphatic rings. The smallest absolute Gasteiger partial charge is 0.170 e. The predicted octanol–water partition coefficient (Wildman–Crippen LogP) is 3.29. The number of nitrogens with two attached hydrogens (primary N) is 1. The second kappa shape index (κ2) is 6.31. The average Bonchev–Trinajstić information content (AvgIpc) is 2.45. The molecule has 2 aromatic carbocycles. The molecule has 4 nitrogen and oxygen atoms in total. The quantitative estimate of drug-likeness (QED) is 0.392. The Morgan fingerprint density at radius 3 is 2.43 bits per heavy atom. The molecule has 0 unspecified atom stereocenters. The number of rotatable bonds is 4. The van der Waals surface area contributed by atoms with Crippen molar-refractivity contribution in [2.24, 2.45) is 10.9 Å². The van der Waals surface area contributed by atoms with Gasteiger partial charge in [-0.05, 0) is 49.6 Å². The molecule has 0 aliphatic carbocycles. The van der Waals surface area contributed by atoms with Crippen LogP contribution in [0.15, 0.2) is 41.6 Å². The van der Waals surface area contributed by atoms with E-state index in [1.165, 1.54) is 22.3 Å². The van der Waals surface area contributed by atoms with Crippen molar-refractivity contribution < 1.29 is 9.94 Å². The first kappa shape index (κ1) is 14.9. The van der Waals surface area contributed by atoms with Gasteiger partial charge in [-0.25, -0.2) is 0 Å². The van der Waals surface area contributed by atoms with Gasteiger partial charge in [-0.1, -0.05) is 35.0 Å². The predicted molar refractivity (Wildman–Crippen MR) is 83.9 cm³/mol. The van der Waals surface area contributed by atoms with E-state index in [-0.39, 0.29) is 5.84 Å². The third-order valence-electron chi connectivity index (χ3n) is 3.46. The molecular weight excluding hydrogens is 264 g/mol. The van der Waals surface area contributed by atoms with Gasteiger partial charge in [-0.15, -0.1) is 0 Å². The zero-order valence-corrected chi connectivity index (χ0v) is 12.6. The fourth-order valence-corrected chi connectivity index (χ4v) is 2.40. The highest BCUT2D eigenvalue weighted by Gasteiger charge is 2.06. The van der Waals surface area contributed by atoms with Crippen LogP contribution in [0, 0.1) is 20.8 Å². The Kier molecular flexibility index (Phi) is 4.48. The number of hydrogen-bond acceptors (Lipinski definition) is 3. The fraction of sp³-hybridized carbons (Fsp3) is 0.235. The van der Waals surface area contributed by atoms with Gasteiger partial charge in [-0.2, -0.15) is 0 Å². The molecule has 4 heteroatoms. The summed E-state index contributed by atoms with van der Waals surface area (Å²) >= 11 is 0. The van der Waals surface area contributed by atoms with E-state index in [2.05, 4.69) is 38.1 Å². The number of aryl methyl sites for hydroxylation is 3. The zero-order valence-electron chi connectivity index (χ0n) is 12.6. The van der Waals surface area contributed by atoms with Crippen LogP contribution in [0.25, 0.3) is 0 Å². The largest absolute Gasteiger partial charge is 0.489 e. The van der Waals surface area contributed by atoms with E-state index < -0.39 is 0 Å². The van der Waals surface area contributed by atoms with Gasteiger partial charge < -0.3 is 15.7 Å². The van der Waals surface area contributed by atoms with E-state index in [1.54, 1.807) is 12.1 Å². The molecule has 0 aliphatic heterocycles. The number of hydrogen-bond donors (Lipinski definition) is 2. The van der Waals surface area contributed by atoms with Crippen LogP contribution in [-0.2, 0) is 6.61 Å². The minimum atomic E-state index is 0.0724. The van der Waals surface area contributed by atoms with E-state index >= 15 is 0 Å². The lowest BCUT2D eigenvalue weighted by molar-refractivity contribution is 0.304. The van der Waals surface area contributed by atoms with Gasteiger partial charge in [0.05, 0.1) is 0 Å². The first-order valence-corrected chi connectivity index (χ1v) is 6.78. The first-order chi connectivity index (χ1) is 10.0. The van der Waals surface area contributed by atoms with Gasteiger partial charge in [0.2, 0.25) is 0 Å². The zero-order chi connectivity index (χ0) is 15.4. The van der Waals surface area contributed by atoms with Crippen molar-refractivity contribution in [2.75, 3.05) is 0 Å². The number of benzene rings is 2. The average molecular weight is 284 g/mol. The van der Waals surface area contributed by atoms with Crippen LogP contribution in [0.2, 0.25) is 0 Å². The Morgan fingerprint density at radius 2 is 1.81 bits per heavy atom. The Morgan fingerprint density at radius 1 is 1.14 bits per heavy atom. The van der Waals surface area contributed by atoms with E-state index in [4.69, 9.17) is 15.7 Å². The Bertz CT molecular complexity index is 655. The normalized spacial score (nSPS) is 11.5. The summed E-state index contributed by atoms with van der Waals surface area (Å²) in [7, 11) is 0. The van der Waals surface area contributed by atoms with Crippen LogP contribution in [0.5, 0.6) is 5.75 Å². The number of amidine groups is 1. The summed E-state index contributed by atoms with van der Waals surface area (Å²) in [5, 5.41) is 11.7. The maximum Gasteiger partial charge on any atom is 0.170 e. The number of nitrogens with zero attached hydrogens (tertiary/aromatic N) is 1. The lowest BCUT2D eigenvalue weighted by atomic mass is 10.0. The van der Waals surface area contributed by atoms with Crippen molar-refractivity contribution in [1.29, 1.82) is 0 Å². The highest BCUT2D eigenvalue weighted by molar-refractivity contribution is 5.97. The van der Waals surface area contributed by atoms with Crippen molar-refractivity contribution in [3.8, 4) is 5.75 Å². The van der Waals surface area contributed by atoms with Crippen LogP contribution in [0.1, 0.15) is 27.8 Å². The van der Waals surface area contributed by atoms with Gasteiger partial charge in [-0.3, -0.25) is 0 Å². The fourth-order valence-electron chi connectivity index (χ4n) is 2.40. The van der Waals surface area contributed by atoms with Gasteiger partial charge in [0.15, 0.2) is 5.84 Å². The summed E-state index contributed by atoms with van der Waals surface area (Å²) in [6.07, 6.45) is 0. The molecule has 0 spiro atoms. The second-order valence-corrected chi connectivity index (χ2v) is 5.18. The van der Waals surface area contributed by atoms with E-state index in [0.717, 1.165) is 0 Å². The molecule has 0 aromatic heterocycles. The van der Waals surface area contributed by atoms with Crippen molar-refractivity contribution in [2.45, 2.75) is 27.4 Å². The van der Waals surface area contributed by atoms with Crippen molar-refractivity contribution in [1.82, 2.24) is 0 Å². The number of ether oxygens (including phenoxy) is 1. The monoisotopic (exact) mass is 284 g/mol. The first-order valence-electron chi connectivity index (χ1n) is 6.78. The Labute approximate surface area is 124 Å². The molecule has 0 atom stereocenters. The van der Waals surface area contributed by atoms with Crippen LogP contribution >= 0.6 is 0 Å². The van der Waals surface area contributed by atoms with Gasteiger partial charge in [0.25, 0.3) is 0 Å². The number of oxime groups is 1. The maximum absolute atomic E-state index is 8.71. The second-order valence-electron chi connectivity index (χ2n) is 5.18. The molecule has 2 aromatic rings. The molecule has 0 radical (unpaired) electrons. The summed E-state index contributed by atoms with van der Waals surface area (Å²) < 4.78 is 5.84. The maximum atomic E-state index is 8.71. The SMILES string of the molecule is Cc1cc(C)c(COc2cccc(C(N)=NO)c2)c(C)c1. The summed E-state index contributed by atoms with van der Waals surface area (Å²) in [5.41, 5.74) is 11.1. The molecule has 0 saturated carbocycles. The highest BCUT2D eigenvalue weighted by atomic mass is 16.5. The van der Waals surface area contributed by atoms with E-state index in [1.807, 2.05) is 12.1 Å². The highest BCUT2D eigenvalue weighted by Crippen LogP contribution is 2.20. The molecule has 0 bridgehead atoms. The van der Waals surface area contributed by atoms with Gasteiger partial charge >= 0.3 is 0 Å². The van der Waals surface area contributed by atoms with Crippen LogP contribution < -0.4 is 10.5 Å². The molecule has 3 N–H and O–H groups in total. The molecule has 0 heterocycles. The summed E-state index contributed by atoms with van der Waals surface area (Å²) in [4.78, 5) is 0. The van der Waals surface area contributed by atoms with Crippen molar-refractivity contribution >= 4 is 5.84 Å². The van der Waals surface area contributed by atoms with Crippen LogP contribution in [-0.4, -0.2) is 11.0 Å². The topological polar surface area (TPSA) is 67.8 Å². The standard InChI is InChI=1S/C17H20N2O2/c1-11-7-12(2)16(13(3)8-11)10-21-15-6-4-5-14(9-15)17(18)19-20/h4-9,20H,10H2,1-3H3,(H2,18,19). The summed E-state index contributed by atoms with van der Waals surface area (Å²) in [6, 6.07) is 11.5. The minimum absolute atomic E-state index is 0.0724. The molecule has 21 heavy (non-hydrogen) atoms. The lowest BCUT2D eigenvalue weighted by Crippen LogP contribution is -2.13. The summed E-state index contributed by atoms with van der Waals surface area (Å²) in [6.45, 7) is 6.76. The van der Waals surface area contributed by atoms with E-state index in [9.17, 15) is 0 Å². The molecular formula is C17H20N2O2. The van der Waals surface area contributed by atoms with Crippen LogP contribution in [0.3, 0.4) is 0 Å². The molecule has 0 saturated heterocycles. The summed E-state index contributed by atoms with van der Waals surface area (Å²) in [5.74, 6) is 0.765. The third kappa shape index (κ3) is 3.54. The Balaban J connectivity index is 2.17. The van der Waals surface area contributed by atoms with Gasteiger partial charge in [0, 0.05) is 5.56 Å².